The van der Waals surface area contributed by atoms with E-state index in [9.17, 15) is 18.0 Å². The molecule has 0 fully saturated rings. The van der Waals surface area contributed by atoms with Crippen molar-refractivity contribution in [3.05, 3.63) is 59.2 Å². The molecule has 8 heteroatoms. The number of rotatable bonds is 7. The quantitative estimate of drug-likeness (QED) is 0.742. The van der Waals surface area contributed by atoms with E-state index in [0.29, 0.717) is 11.3 Å². The molecule has 0 bridgehead atoms. The van der Waals surface area contributed by atoms with Crippen molar-refractivity contribution in [2.45, 2.75) is 25.7 Å². The lowest BCUT2D eigenvalue weighted by Crippen LogP contribution is -2.35. The molecule has 0 saturated heterocycles. The molecular formula is C20H25N3O4S. The molecular weight excluding hydrogens is 378 g/mol. The summed E-state index contributed by atoms with van der Waals surface area (Å²) in [6, 6.07) is 11.4. The van der Waals surface area contributed by atoms with E-state index in [1.165, 1.54) is 36.2 Å². The Balaban J connectivity index is 2.04. The summed E-state index contributed by atoms with van der Waals surface area (Å²) in [7, 11) is -2.05. The molecule has 0 aliphatic rings. The maximum Gasteiger partial charge on any atom is 0.254 e. The third kappa shape index (κ3) is 5.40. The Kier molecular flexibility index (Phi) is 6.93. The van der Waals surface area contributed by atoms with Crippen LogP contribution in [-0.2, 0) is 14.8 Å². The van der Waals surface area contributed by atoms with Gasteiger partial charge in [0.15, 0.2) is 0 Å². The Morgan fingerprint density at radius 3 is 2.29 bits per heavy atom. The van der Waals surface area contributed by atoms with Crippen molar-refractivity contribution in [1.29, 1.82) is 0 Å². The van der Waals surface area contributed by atoms with E-state index in [-0.39, 0.29) is 29.8 Å². The van der Waals surface area contributed by atoms with Gasteiger partial charge < -0.3 is 10.2 Å². The van der Waals surface area contributed by atoms with Gasteiger partial charge in [-0.2, -0.15) is 0 Å². The van der Waals surface area contributed by atoms with Crippen LogP contribution in [0.4, 0.5) is 5.69 Å². The lowest BCUT2D eigenvalue weighted by Gasteiger charge is -2.18. The monoisotopic (exact) mass is 403 g/mol. The van der Waals surface area contributed by atoms with Crippen LogP contribution in [0.2, 0.25) is 0 Å². The van der Waals surface area contributed by atoms with Gasteiger partial charge in [0.25, 0.3) is 5.91 Å². The highest BCUT2D eigenvalue weighted by molar-refractivity contribution is 7.89. The summed E-state index contributed by atoms with van der Waals surface area (Å²) >= 11 is 0. The number of nitrogens with one attached hydrogen (secondary N) is 2. The summed E-state index contributed by atoms with van der Waals surface area (Å²) in [4.78, 5) is 26.2. The second kappa shape index (κ2) is 8.99. The molecule has 0 saturated carbocycles. The fourth-order valence-corrected chi connectivity index (χ4v) is 3.66. The molecule has 0 aliphatic carbocycles. The number of nitrogens with zero attached hydrogens (tertiary/aromatic N) is 1. The van der Waals surface area contributed by atoms with E-state index < -0.39 is 10.0 Å². The van der Waals surface area contributed by atoms with Crippen LogP contribution in [0, 0.1) is 13.8 Å². The molecule has 7 nitrogen and oxygen atoms in total. The Morgan fingerprint density at radius 2 is 1.68 bits per heavy atom. The second-order valence-electron chi connectivity index (χ2n) is 6.55. The fourth-order valence-electron chi connectivity index (χ4n) is 2.62. The van der Waals surface area contributed by atoms with Crippen molar-refractivity contribution in [2.75, 3.05) is 25.5 Å². The second-order valence-corrected chi connectivity index (χ2v) is 8.32. The predicted molar refractivity (Wildman–Crippen MR) is 109 cm³/mol. The van der Waals surface area contributed by atoms with Crippen LogP contribution in [0.5, 0.6) is 0 Å². The Morgan fingerprint density at radius 1 is 1.04 bits per heavy atom. The number of carbonyl (C=O) groups is 2. The number of anilines is 1. The zero-order valence-corrected chi connectivity index (χ0v) is 17.3. The van der Waals surface area contributed by atoms with E-state index in [2.05, 4.69) is 10.0 Å². The lowest BCUT2D eigenvalue weighted by atomic mass is 10.1. The van der Waals surface area contributed by atoms with Crippen molar-refractivity contribution >= 4 is 27.5 Å². The number of aryl methyl sites for hydroxylation is 2. The topological polar surface area (TPSA) is 95.6 Å². The zero-order valence-electron chi connectivity index (χ0n) is 16.4. The molecule has 2 aromatic carbocycles. The number of carbonyl (C=O) groups excluding carboxylic acids is 2. The summed E-state index contributed by atoms with van der Waals surface area (Å²) in [5.41, 5.74) is 2.98. The van der Waals surface area contributed by atoms with Crippen molar-refractivity contribution < 1.29 is 18.0 Å². The van der Waals surface area contributed by atoms with Crippen molar-refractivity contribution in [3.63, 3.8) is 0 Å². The average Bonchev–Trinajstić information content (AvgIpc) is 2.64. The van der Waals surface area contributed by atoms with Gasteiger partial charge in [0.2, 0.25) is 15.9 Å². The van der Waals surface area contributed by atoms with Gasteiger partial charge in [0.1, 0.15) is 0 Å². The summed E-state index contributed by atoms with van der Waals surface area (Å²) in [6.07, 6.45) is 0. The van der Waals surface area contributed by atoms with Gasteiger partial charge in [-0.05, 0) is 55.3 Å². The maximum atomic E-state index is 12.5. The third-order valence-electron chi connectivity index (χ3n) is 4.14. The Hall–Kier alpha value is -2.71. The maximum absolute atomic E-state index is 12.5. The first-order chi connectivity index (χ1) is 13.1. The number of amides is 2. The van der Waals surface area contributed by atoms with Crippen LogP contribution < -0.4 is 10.0 Å². The fraction of sp³-hybridized carbons (Fsp3) is 0.300. The van der Waals surface area contributed by atoms with Gasteiger partial charge in [-0.1, -0.05) is 19.1 Å². The number of benzene rings is 2. The number of sulfonamides is 1. The molecule has 2 aromatic rings. The van der Waals surface area contributed by atoms with E-state index >= 15 is 0 Å². The minimum Gasteiger partial charge on any atom is -0.332 e. The number of hydrogen-bond acceptors (Lipinski definition) is 4. The highest BCUT2D eigenvalue weighted by Crippen LogP contribution is 2.16. The van der Waals surface area contributed by atoms with E-state index in [0.717, 1.165) is 11.1 Å². The summed E-state index contributed by atoms with van der Waals surface area (Å²) in [5, 5.41) is 2.81. The van der Waals surface area contributed by atoms with Crippen molar-refractivity contribution in [2.24, 2.45) is 0 Å². The van der Waals surface area contributed by atoms with E-state index in [4.69, 9.17) is 0 Å². The summed E-state index contributed by atoms with van der Waals surface area (Å²) in [5.74, 6) is -0.681. The first-order valence-electron chi connectivity index (χ1n) is 8.86. The van der Waals surface area contributed by atoms with Crippen LogP contribution in [0.25, 0.3) is 0 Å². The number of hydrogen-bond donors (Lipinski definition) is 2. The van der Waals surface area contributed by atoms with Gasteiger partial charge in [0, 0.05) is 24.8 Å². The predicted octanol–water partition coefficient (Wildman–Crippen LogP) is 2.31. The van der Waals surface area contributed by atoms with Crippen LogP contribution in [-0.4, -0.2) is 45.3 Å². The van der Waals surface area contributed by atoms with E-state index in [1.54, 1.807) is 6.92 Å². The molecule has 150 valence electrons. The summed E-state index contributed by atoms with van der Waals surface area (Å²) < 4.78 is 26.3. The molecule has 0 radical (unpaired) electrons. The molecule has 0 aromatic heterocycles. The van der Waals surface area contributed by atoms with Gasteiger partial charge >= 0.3 is 0 Å². The minimum absolute atomic E-state index is 0.0845. The lowest BCUT2D eigenvalue weighted by molar-refractivity contribution is -0.116. The Labute approximate surface area is 165 Å². The average molecular weight is 404 g/mol. The molecule has 2 rings (SSSR count). The molecule has 0 atom stereocenters. The SMILES string of the molecule is CCNS(=O)(=O)c1ccc(C(=O)N(C)CC(=O)Nc2cc(C)ccc2C)cc1. The minimum atomic E-state index is -3.57. The molecule has 0 heterocycles. The first-order valence-corrected chi connectivity index (χ1v) is 10.3. The van der Waals surface area contributed by atoms with Crippen LogP contribution in [0.1, 0.15) is 28.4 Å². The smallest absolute Gasteiger partial charge is 0.254 e. The van der Waals surface area contributed by atoms with Crippen LogP contribution in [0.15, 0.2) is 47.4 Å². The molecule has 2 N–H and O–H groups in total. The third-order valence-corrected chi connectivity index (χ3v) is 5.70. The highest BCUT2D eigenvalue weighted by Gasteiger charge is 2.18. The first kappa shape index (κ1) is 21.6. The van der Waals surface area contributed by atoms with Crippen LogP contribution in [0.3, 0.4) is 0 Å². The Bertz CT molecular complexity index is 969. The van der Waals surface area contributed by atoms with Gasteiger partial charge in [0.05, 0.1) is 11.4 Å². The molecule has 28 heavy (non-hydrogen) atoms. The molecule has 0 unspecified atom stereocenters. The largest absolute Gasteiger partial charge is 0.332 e. The van der Waals surface area contributed by atoms with Crippen LogP contribution >= 0.6 is 0 Å². The van der Waals surface area contributed by atoms with Crippen molar-refractivity contribution in [1.82, 2.24) is 9.62 Å². The standard InChI is InChI=1S/C20H25N3O4S/c1-5-21-28(26,27)17-10-8-16(9-11-17)20(25)23(4)13-19(24)22-18-12-14(2)6-7-15(18)3/h6-12,21H,5,13H2,1-4H3,(H,22,24). The van der Waals surface area contributed by atoms with Gasteiger partial charge in [-0.3, -0.25) is 9.59 Å². The molecule has 2 amide bonds. The van der Waals surface area contributed by atoms with Gasteiger partial charge in [-0.15, -0.1) is 0 Å². The molecule has 0 spiro atoms. The zero-order chi connectivity index (χ0) is 20.9. The van der Waals surface area contributed by atoms with E-state index in [1.807, 2.05) is 32.0 Å². The normalized spacial score (nSPS) is 11.1. The summed E-state index contributed by atoms with van der Waals surface area (Å²) in [6.45, 7) is 5.68. The number of likely N-dealkylation sites (N-methyl/N-ethyl adjacent to an activating group) is 1. The van der Waals surface area contributed by atoms with Gasteiger partial charge in [-0.25, -0.2) is 13.1 Å². The molecule has 0 aliphatic heterocycles. The highest BCUT2D eigenvalue weighted by atomic mass is 32.2. The van der Waals surface area contributed by atoms with Crippen molar-refractivity contribution in [3.8, 4) is 0 Å².